The lowest BCUT2D eigenvalue weighted by atomic mass is 9.94. The van der Waals surface area contributed by atoms with E-state index >= 15 is 0 Å². The van der Waals surface area contributed by atoms with Crippen molar-refractivity contribution in [1.29, 1.82) is 0 Å². The third-order valence-electron chi connectivity index (χ3n) is 5.93. The molecule has 1 aromatic carbocycles. The summed E-state index contributed by atoms with van der Waals surface area (Å²) in [6, 6.07) is 4.70. The van der Waals surface area contributed by atoms with E-state index in [1.54, 1.807) is 0 Å². The topological polar surface area (TPSA) is 37.2 Å². The molecular formula is C22H35N5. The van der Waals surface area contributed by atoms with Crippen LogP contribution in [0.3, 0.4) is 0 Å². The van der Waals surface area contributed by atoms with Crippen molar-refractivity contribution in [2.24, 2.45) is 0 Å². The Kier molecular flexibility index (Phi) is 6.33. The first-order valence-electron chi connectivity index (χ1n) is 10.2. The Morgan fingerprint density at radius 3 is 2.30 bits per heavy atom. The van der Waals surface area contributed by atoms with Crippen molar-refractivity contribution >= 4 is 0 Å². The van der Waals surface area contributed by atoms with Gasteiger partial charge in [0, 0.05) is 19.0 Å². The normalized spacial score (nSPS) is 16.4. The minimum Gasteiger partial charge on any atom is -0.314 e. The molecule has 3 rings (SSSR count). The molecule has 0 bridgehead atoms. The maximum absolute atomic E-state index is 4.58. The molecule has 1 aliphatic heterocycles. The molecule has 27 heavy (non-hydrogen) atoms. The maximum Gasteiger partial charge on any atom is 0.147 e. The number of likely N-dealkylation sites (tertiary alicyclic amines) is 1. The molecule has 0 saturated carbocycles. The highest BCUT2D eigenvalue weighted by atomic mass is 15.3. The van der Waals surface area contributed by atoms with Crippen LogP contribution in [0, 0.1) is 20.8 Å². The Bertz CT molecular complexity index is 769. The zero-order chi connectivity index (χ0) is 19.6. The lowest BCUT2D eigenvalue weighted by Crippen LogP contribution is -2.33. The summed E-state index contributed by atoms with van der Waals surface area (Å²) < 4.78 is 2.33. The van der Waals surface area contributed by atoms with Gasteiger partial charge in [0.1, 0.15) is 11.6 Å². The van der Waals surface area contributed by atoms with E-state index in [4.69, 9.17) is 0 Å². The van der Waals surface area contributed by atoms with Crippen molar-refractivity contribution in [3.05, 3.63) is 46.0 Å². The summed E-state index contributed by atoms with van der Waals surface area (Å²) in [7, 11) is 4.17. The number of hydrogen-bond acceptors (Lipinski definition) is 4. The van der Waals surface area contributed by atoms with Crippen LogP contribution in [-0.4, -0.2) is 51.7 Å². The molecule has 5 nitrogen and oxygen atoms in total. The van der Waals surface area contributed by atoms with E-state index in [9.17, 15) is 0 Å². The summed E-state index contributed by atoms with van der Waals surface area (Å²) in [6.45, 7) is 14.0. The van der Waals surface area contributed by atoms with Gasteiger partial charge in [0.05, 0.1) is 6.54 Å². The summed E-state index contributed by atoms with van der Waals surface area (Å²) >= 11 is 0. The highest BCUT2D eigenvalue weighted by Crippen LogP contribution is 2.29. The molecular weight excluding hydrogens is 334 g/mol. The number of piperidine rings is 1. The van der Waals surface area contributed by atoms with Crippen LogP contribution in [0.5, 0.6) is 0 Å². The highest BCUT2D eigenvalue weighted by Gasteiger charge is 2.26. The summed E-state index contributed by atoms with van der Waals surface area (Å²) in [5.41, 5.74) is 5.68. The van der Waals surface area contributed by atoms with E-state index in [-0.39, 0.29) is 0 Å². The largest absolute Gasteiger partial charge is 0.314 e. The molecule has 1 aromatic heterocycles. The molecule has 5 heteroatoms. The van der Waals surface area contributed by atoms with Gasteiger partial charge in [-0.3, -0.25) is 4.90 Å². The molecule has 148 valence electrons. The number of hydrogen-bond donors (Lipinski definition) is 0. The Balaban J connectivity index is 1.64. The monoisotopic (exact) mass is 369 g/mol. The molecule has 1 saturated heterocycles. The van der Waals surface area contributed by atoms with Crippen molar-refractivity contribution in [2.75, 3.05) is 27.2 Å². The highest BCUT2D eigenvalue weighted by molar-refractivity contribution is 5.36. The lowest BCUT2D eigenvalue weighted by molar-refractivity contribution is 0.199. The Hall–Kier alpha value is -1.72. The SMILES string of the molecule is CCn1c(CN(C)C)nnc1C1CCN(Cc2cc(C)c(C)cc2C)CC1. The zero-order valence-electron chi connectivity index (χ0n) is 17.9. The second kappa shape index (κ2) is 8.53. The van der Waals surface area contributed by atoms with E-state index in [1.165, 1.54) is 40.9 Å². The molecule has 0 aliphatic carbocycles. The summed E-state index contributed by atoms with van der Waals surface area (Å²) in [5.74, 6) is 2.81. The minimum absolute atomic E-state index is 0.533. The number of benzene rings is 1. The third-order valence-corrected chi connectivity index (χ3v) is 5.93. The molecule has 0 spiro atoms. The van der Waals surface area contributed by atoms with Crippen LogP contribution < -0.4 is 0 Å². The van der Waals surface area contributed by atoms with Gasteiger partial charge in [0.15, 0.2) is 0 Å². The summed E-state index contributed by atoms with van der Waals surface area (Å²) in [4.78, 5) is 4.76. The molecule has 0 radical (unpaired) electrons. The van der Waals surface area contributed by atoms with Crippen LogP contribution in [0.1, 0.15) is 59.6 Å². The zero-order valence-corrected chi connectivity index (χ0v) is 17.9. The van der Waals surface area contributed by atoms with Gasteiger partial charge in [0.25, 0.3) is 0 Å². The van der Waals surface area contributed by atoms with Crippen LogP contribution in [0.2, 0.25) is 0 Å². The van der Waals surface area contributed by atoms with Crippen LogP contribution in [0.15, 0.2) is 12.1 Å². The van der Waals surface area contributed by atoms with E-state index in [0.29, 0.717) is 5.92 Å². The molecule has 0 amide bonds. The van der Waals surface area contributed by atoms with Crippen LogP contribution in [0.25, 0.3) is 0 Å². The predicted octanol–water partition coefficient (Wildman–Crippen LogP) is 3.66. The number of aromatic nitrogens is 3. The molecule has 0 unspecified atom stereocenters. The van der Waals surface area contributed by atoms with E-state index in [1.807, 2.05) is 0 Å². The van der Waals surface area contributed by atoms with Gasteiger partial charge in [-0.1, -0.05) is 12.1 Å². The molecule has 2 heterocycles. The fourth-order valence-corrected chi connectivity index (χ4v) is 4.18. The first-order chi connectivity index (χ1) is 12.9. The second-order valence-electron chi connectivity index (χ2n) is 8.37. The van der Waals surface area contributed by atoms with E-state index < -0.39 is 0 Å². The number of aryl methyl sites for hydroxylation is 3. The standard InChI is InChI=1S/C22H35N5/c1-7-27-21(15-25(5)6)23-24-22(27)19-8-10-26(11-9-19)14-20-13-17(3)16(2)12-18(20)4/h12-13,19H,7-11,14-15H2,1-6H3. The van der Waals surface area contributed by atoms with Gasteiger partial charge in [-0.25, -0.2) is 0 Å². The third kappa shape index (κ3) is 4.58. The van der Waals surface area contributed by atoms with Gasteiger partial charge in [-0.2, -0.15) is 0 Å². The summed E-state index contributed by atoms with van der Waals surface area (Å²) in [6.07, 6.45) is 2.34. The van der Waals surface area contributed by atoms with Crippen molar-refractivity contribution in [1.82, 2.24) is 24.6 Å². The van der Waals surface area contributed by atoms with Gasteiger partial charge in [-0.05, 0) is 90.0 Å². The molecule has 1 fully saturated rings. The number of rotatable bonds is 6. The smallest absolute Gasteiger partial charge is 0.147 e. The average molecular weight is 370 g/mol. The maximum atomic E-state index is 4.58. The van der Waals surface area contributed by atoms with E-state index in [0.717, 1.165) is 38.5 Å². The van der Waals surface area contributed by atoms with Gasteiger partial charge >= 0.3 is 0 Å². The fourth-order valence-electron chi connectivity index (χ4n) is 4.18. The summed E-state index contributed by atoms with van der Waals surface area (Å²) in [5, 5.41) is 9.05. The van der Waals surface area contributed by atoms with E-state index in [2.05, 4.69) is 78.5 Å². The number of nitrogens with zero attached hydrogens (tertiary/aromatic N) is 5. The molecule has 0 N–H and O–H groups in total. The van der Waals surface area contributed by atoms with Crippen molar-refractivity contribution in [3.8, 4) is 0 Å². The Labute approximate surface area is 164 Å². The first kappa shape index (κ1) is 20.0. The quantitative estimate of drug-likeness (QED) is 0.779. The molecule has 2 aromatic rings. The van der Waals surface area contributed by atoms with Crippen LogP contribution in [0.4, 0.5) is 0 Å². The van der Waals surface area contributed by atoms with Crippen molar-refractivity contribution in [3.63, 3.8) is 0 Å². The Morgan fingerprint density at radius 2 is 1.67 bits per heavy atom. The minimum atomic E-state index is 0.533. The van der Waals surface area contributed by atoms with Crippen LogP contribution >= 0.6 is 0 Å². The lowest BCUT2D eigenvalue weighted by Gasteiger charge is -2.32. The first-order valence-corrected chi connectivity index (χ1v) is 10.2. The van der Waals surface area contributed by atoms with Crippen molar-refractivity contribution in [2.45, 2.75) is 66.1 Å². The average Bonchev–Trinajstić information content (AvgIpc) is 3.02. The second-order valence-corrected chi connectivity index (χ2v) is 8.37. The van der Waals surface area contributed by atoms with Crippen LogP contribution in [-0.2, 0) is 19.6 Å². The van der Waals surface area contributed by atoms with Crippen molar-refractivity contribution < 1.29 is 0 Å². The predicted molar refractivity (Wildman–Crippen MR) is 111 cm³/mol. The Morgan fingerprint density at radius 1 is 1.00 bits per heavy atom. The van der Waals surface area contributed by atoms with Gasteiger partial charge in [0.2, 0.25) is 0 Å². The van der Waals surface area contributed by atoms with Gasteiger partial charge < -0.3 is 9.47 Å². The molecule has 0 atom stereocenters. The molecule has 1 aliphatic rings. The van der Waals surface area contributed by atoms with Gasteiger partial charge in [-0.15, -0.1) is 10.2 Å². The fraction of sp³-hybridized carbons (Fsp3) is 0.636.